The van der Waals surface area contributed by atoms with Gasteiger partial charge in [0.05, 0.1) is 17.2 Å². The fourth-order valence-electron chi connectivity index (χ4n) is 4.99. The van der Waals surface area contributed by atoms with E-state index >= 15 is 0 Å². The molecule has 0 unspecified atom stereocenters. The topological polar surface area (TPSA) is 99.8 Å². The van der Waals surface area contributed by atoms with Gasteiger partial charge in [-0.2, -0.15) is 0 Å². The zero-order chi connectivity index (χ0) is 24.5. The van der Waals surface area contributed by atoms with Crippen LogP contribution in [0.4, 0.5) is 11.5 Å². The first kappa shape index (κ1) is 24.9. The molecule has 0 saturated heterocycles. The van der Waals surface area contributed by atoms with Crippen molar-refractivity contribution in [1.29, 1.82) is 0 Å². The van der Waals surface area contributed by atoms with E-state index in [9.17, 15) is 9.59 Å². The Morgan fingerprint density at radius 1 is 0.971 bits per heavy atom. The minimum Gasteiger partial charge on any atom is -0.337 e. The Hall–Kier alpha value is -3.22. The molecule has 2 aliphatic rings. The van der Waals surface area contributed by atoms with Crippen LogP contribution in [0.2, 0.25) is 0 Å². The van der Waals surface area contributed by atoms with E-state index in [0.717, 1.165) is 53.9 Å². The molecule has 2 aromatic heterocycles. The summed E-state index contributed by atoms with van der Waals surface area (Å²) < 4.78 is 0. The van der Waals surface area contributed by atoms with Crippen molar-refractivity contribution in [3.8, 4) is 11.4 Å². The highest BCUT2D eigenvalue weighted by atomic mass is 16.2. The Kier molecular flexibility index (Phi) is 8.87. The first-order valence-electron chi connectivity index (χ1n) is 13.1. The van der Waals surface area contributed by atoms with Crippen molar-refractivity contribution in [2.75, 3.05) is 10.6 Å². The van der Waals surface area contributed by atoms with E-state index in [1.54, 1.807) is 12.3 Å². The Bertz CT molecular complexity index is 1090. The summed E-state index contributed by atoms with van der Waals surface area (Å²) in [6.45, 7) is 2.36. The first-order valence-corrected chi connectivity index (χ1v) is 13.1. The summed E-state index contributed by atoms with van der Waals surface area (Å²) in [5.74, 6) is 2.45. The number of nitrogens with one attached hydrogen (secondary N) is 3. The number of H-pyrrole nitrogens is 1. The second-order valence-corrected chi connectivity index (χ2v) is 9.93. The van der Waals surface area contributed by atoms with Crippen LogP contribution in [0.3, 0.4) is 0 Å². The van der Waals surface area contributed by atoms with E-state index in [-0.39, 0.29) is 11.8 Å². The molecule has 2 heterocycles. The lowest BCUT2D eigenvalue weighted by molar-refractivity contribution is -0.120. The highest BCUT2D eigenvalue weighted by Crippen LogP contribution is 2.26. The van der Waals surface area contributed by atoms with Crippen LogP contribution in [-0.2, 0) is 9.59 Å². The van der Waals surface area contributed by atoms with Gasteiger partial charge < -0.3 is 15.6 Å². The van der Waals surface area contributed by atoms with E-state index in [1.165, 1.54) is 44.9 Å². The van der Waals surface area contributed by atoms with E-state index < -0.39 is 0 Å². The number of fused-ring (bicyclic) bond motifs is 1. The molecule has 2 amide bonds. The molecule has 1 aromatic carbocycles. The number of benzene rings is 1. The average molecular weight is 476 g/mol. The molecule has 0 bridgehead atoms. The number of hydrogen-bond donors (Lipinski definition) is 3. The molecule has 7 nitrogen and oxygen atoms in total. The van der Waals surface area contributed by atoms with Gasteiger partial charge in [0.15, 0.2) is 0 Å². The highest BCUT2D eigenvalue weighted by molar-refractivity contribution is 5.92. The molecule has 0 radical (unpaired) electrons. The monoisotopic (exact) mass is 475 g/mol. The number of hydrogen-bond acceptors (Lipinski definition) is 4. The number of nitrogens with zero attached hydrogens (tertiary/aromatic N) is 2. The summed E-state index contributed by atoms with van der Waals surface area (Å²) in [5, 5.41) is 5.56. The smallest absolute Gasteiger partial charge is 0.227 e. The van der Waals surface area contributed by atoms with Gasteiger partial charge in [-0.15, -0.1) is 0 Å². The van der Waals surface area contributed by atoms with Gasteiger partial charge in [0, 0.05) is 23.2 Å². The first-order chi connectivity index (χ1) is 17.1. The van der Waals surface area contributed by atoms with Gasteiger partial charge in [-0.05, 0) is 43.0 Å². The molecule has 2 saturated carbocycles. The summed E-state index contributed by atoms with van der Waals surface area (Å²) in [7, 11) is 0. The van der Waals surface area contributed by atoms with E-state index in [0.29, 0.717) is 18.1 Å². The molecular weight excluding hydrogens is 438 g/mol. The third kappa shape index (κ3) is 7.13. The lowest BCUT2D eigenvalue weighted by Gasteiger charge is -2.15. The lowest BCUT2D eigenvalue weighted by Crippen LogP contribution is -2.22. The Morgan fingerprint density at radius 3 is 2.26 bits per heavy atom. The maximum Gasteiger partial charge on any atom is 0.227 e. The van der Waals surface area contributed by atoms with Crippen molar-refractivity contribution in [2.24, 2.45) is 11.8 Å². The van der Waals surface area contributed by atoms with Gasteiger partial charge in [0.2, 0.25) is 12.3 Å². The molecule has 3 aromatic rings. The average Bonchev–Trinajstić information content (AvgIpc) is 3.10. The molecule has 186 valence electrons. The molecule has 7 heteroatoms. The molecule has 0 aliphatic heterocycles. The van der Waals surface area contributed by atoms with Gasteiger partial charge in [0.25, 0.3) is 0 Å². The number of rotatable bonds is 5. The van der Waals surface area contributed by atoms with Crippen LogP contribution in [0.15, 0.2) is 36.5 Å². The molecule has 35 heavy (non-hydrogen) atoms. The van der Waals surface area contributed by atoms with Gasteiger partial charge in [-0.3, -0.25) is 9.59 Å². The number of carbonyl (C=O) groups excluding carboxylic acids is 2. The Morgan fingerprint density at radius 2 is 1.63 bits per heavy atom. The summed E-state index contributed by atoms with van der Waals surface area (Å²) in [6.07, 6.45) is 16.4. The number of pyridine rings is 1. The van der Waals surface area contributed by atoms with E-state index in [2.05, 4.69) is 32.5 Å². The zero-order valence-corrected chi connectivity index (χ0v) is 20.7. The van der Waals surface area contributed by atoms with Crippen molar-refractivity contribution < 1.29 is 9.59 Å². The van der Waals surface area contributed by atoms with Gasteiger partial charge >= 0.3 is 0 Å². The van der Waals surface area contributed by atoms with Crippen LogP contribution in [0.1, 0.15) is 77.6 Å². The maximum absolute atomic E-state index is 12.5. The van der Waals surface area contributed by atoms with Gasteiger partial charge in [0.1, 0.15) is 11.6 Å². The van der Waals surface area contributed by atoms with Crippen LogP contribution in [0.5, 0.6) is 0 Å². The van der Waals surface area contributed by atoms with E-state index in [4.69, 9.17) is 0 Å². The lowest BCUT2D eigenvalue weighted by atomic mass is 9.91. The quantitative estimate of drug-likeness (QED) is 0.283. The summed E-state index contributed by atoms with van der Waals surface area (Å²) in [5.41, 5.74) is 3.22. The van der Waals surface area contributed by atoms with Crippen LogP contribution in [0, 0.1) is 11.8 Å². The van der Waals surface area contributed by atoms with Crippen LogP contribution in [0.25, 0.3) is 22.4 Å². The van der Waals surface area contributed by atoms with Crippen molar-refractivity contribution in [3.05, 3.63) is 36.5 Å². The zero-order valence-electron chi connectivity index (χ0n) is 20.7. The molecule has 3 N–H and O–H groups in total. The number of aromatic amines is 1. The molecular formula is C28H37N5O2. The Labute approximate surface area is 207 Å². The SMILES string of the molecule is CC1CCCCC1.O=CNc1cc2nc(-c3ccc(NC(=O)C4CCCCCC4)cc3)[nH]c2cn1. The molecule has 5 rings (SSSR count). The summed E-state index contributed by atoms with van der Waals surface area (Å²) in [6, 6.07) is 9.37. The van der Waals surface area contributed by atoms with Crippen molar-refractivity contribution >= 4 is 34.9 Å². The van der Waals surface area contributed by atoms with Crippen molar-refractivity contribution in [2.45, 2.75) is 77.6 Å². The summed E-state index contributed by atoms with van der Waals surface area (Å²) in [4.78, 5) is 35.0. The predicted octanol–water partition coefficient (Wildman–Crippen LogP) is 6.69. The number of carbonyl (C=O) groups is 2. The minimum absolute atomic E-state index is 0.124. The standard InChI is InChI=1S/C21H23N5O2.C7H14/c27-13-23-19-11-17-18(12-22-19)26-20(25-17)14-7-9-16(10-8-14)24-21(28)15-5-3-1-2-4-6-15;1-7-5-3-2-4-6-7/h7-13,15H,1-6H2,(H,24,28)(H,25,26)(H,22,23,27);7H,2-6H2,1H3. The maximum atomic E-state index is 12.5. The fourth-order valence-corrected chi connectivity index (χ4v) is 4.99. The Balaban J connectivity index is 0.000000356. The minimum atomic E-state index is 0.124. The second kappa shape index (κ2) is 12.5. The molecule has 0 atom stereocenters. The normalized spacial score (nSPS) is 17.2. The molecule has 0 spiro atoms. The van der Waals surface area contributed by atoms with Crippen LogP contribution in [-0.4, -0.2) is 27.3 Å². The highest BCUT2D eigenvalue weighted by Gasteiger charge is 2.20. The van der Waals surface area contributed by atoms with Gasteiger partial charge in [-0.25, -0.2) is 9.97 Å². The van der Waals surface area contributed by atoms with Crippen molar-refractivity contribution in [1.82, 2.24) is 15.0 Å². The number of amides is 2. The third-order valence-electron chi connectivity index (χ3n) is 7.12. The summed E-state index contributed by atoms with van der Waals surface area (Å²) >= 11 is 0. The van der Waals surface area contributed by atoms with Crippen LogP contribution < -0.4 is 10.6 Å². The third-order valence-corrected chi connectivity index (χ3v) is 7.12. The van der Waals surface area contributed by atoms with E-state index in [1.807, 2.05) is 24.3 Å². The second-order valence-electron chi connectivity index (χ2n) is 9.93. The number of imidazole rings is 1. The molecule has 2 aliphatic carbocycles. The molecule has 2 fully saturated rings. The number of anilines is 2. The van der Waals surface area contributed by atoms with Crippen molar-refractivity contribution in [3.63, 3.8) is 0 Å². The predicted molar refractivity (Wildman–Crippen MR) is 141 cm³/mol. The number of aromatic nitrogens is 3. The van der Waals surface area contributed by atoms with Crippen LogP contribution >= 0.6 is 0 Å². The van der Waals surface area contributed by atoms with Gasteiger partial charge in [-0.1, -0.05) is 64.7 Å². The fraction of sp³-hybridized carbons (Fsp3) is 0.500. The largest absolute Gasteiger partial charge is 0.337 e.